The molecule has 2 heteroatoms. The van der Waals surface area contributed by atoms with Gasteiger partial charge in [0.1, 0.15) is 0 Å². The molecule has 0 aromatic heterocycles. The van der Waals surface area contributed by atoms with Crippen LogP contribution < -0.4 is 10.6 Å². The number of rotatable bonds is 9. The van der Waals surface area contributed by atoms with Crippen molar-refractivity contribution in [1.29, 1.82) is 0 Å². The fraction of sp³-hybridized carbons (Fsp3) is 0.308. The maximum Gasteiger partial charge on any atom is 0.0615 e. The van der Waals surface area contributed by atoms with E-state index < -0.39 is 0 Å². The van der Waals surface area contributed by atoms with Crippen LogP contribution in [-0.2, 0) is 12.8 Å². The summed E-state index contributed by atoms with van der Waals surface area (Å²) in [5, 5.41) is 6.47. The monoisotopic (exact) mass is 374 g/mol. The van der Waals surface area contributed by atoms with Crippen LogP contribution in [0.4, 0.5) is 11.4 Å². The van der Waals surface area contributed by atoms with Crippen molar-refractivity contribution >= 4 is 16.9 Å². The lowest BCUT2D eigenvalue weighted by Gasteiger charge is -2.17. The smallest absolute Gasteiger partial charge is 0.0615 e. The Kier molecular flexibility index (Phi) is 8.13. The fourth-order valence-electron chi connectivity index (χ4n) is 3.58. The van der Waals surface area contributed by atoms with Crippen molar-refractivity contribution in [1.82, 2.24) is 0 Å². The Bertz CT molecular complexity index is 872. The average molecular weight is 375 g/mol. The standard InChI is InChI=1S/C26H34N2/c1-7-10-12-19(4)22-15-20(5)24(11-8-2)23(18-22)16-21-13-14-25(28-9-3)26(17-21)27-6/h7,9-10,12-15,17-18,27-28H,3,8,11,16H2,1-2,4-6H3/b10-7-,19-12+. The molecule has 0 saturated heterocycles. The van der Waals surface area contributed by atoms with E-state index in [1.165, 1.54) is 33.4 Å². The summed E-state index contributed by atoms with van der Waals surface area (Å²) in [5.41, 5.74) is 10.4. The molecule has 2 rings (SSSR count). The van der Waals surface area contributed by atoms with Gasteiger partial charge in [0.25, 0.3) is 0 Å². The highest BCUT2D eigenvalue weighted by atomic mass is 14.9. The predicted molar refractivity (Wildman–Crippen MR) is 126 cm³/mol. The molecule has 0 bridgehead atoms. The van der Waals surface area contributed by atoms with Crippen LogP contribution in [-0.4, -0.2) is 7.05 Å². The van der Waals surface area contributed by atoms with Crippen LogP contribution in [0, 0.1) is 6.92 Å². The van der Waals surface area contributed by atoms with E-state index in [9.17, 15) is 0 Å². The predicted octanol–water partition coefficient (Wildman–Crippen LogP) is 7.11. The van der Waals surface area contributed by atoms with Crippen LogP contribution in [0.2, 0.25) is 0 Å². The summed E-state index contributed by atoms with van der Waals surface area (Å²) in [6.45, 7) is 12.5. The highest BCUT2D eigenvalue weighted by Crippen LogP contribution is 2.28. The summed E-state index contributed by atoms with van der Waals surface area (Å²) < 4.78 is 0. The Balaban J connectivity index is 2.47. The summed E-state index contributed by atoms with van der Waals surface area (Å²) in [6.07, 6.45) is 11.3. The van der Waals surface area contributed by atoms with Gasteiger partial charge in [-0.05, 0) is 85.3 Å². The number of benzene rings is 2. The molecular weight excluding hydrogens is 340 g/mol. The van der Waals surface area contributed by atoms with Crippen molar-refractivity contribution in [3.8, 4) is 0 Å². The zero-order chi connectivity index (χ0) is 20.5. The largest absolute Gasteiger partial charge is 0.386 e. The first-order chi connectivity index (χ1) is 13.5. The Morgan fingerprint density at radius 3 is 2.57 bits per heavy atom. The minimum atomic E-state index is 0.934. The topological polar surface area (TPSA) is 24.1 Å². The van der Waals surface area contributed by atoms with Crippen molar-refractivity contribution in [2.45, 2.75) is 47.0 Å². The Morgan fingerprint density at radius 1 is 1.14 bits per heavy atom. The lowest BCUT2D eigenvalue weighted by molar-refractivity contribution is 0.893. The van der Waals surface area contributed by atoms with E-state index >= 15 is 0 Å². The van der Waals surface area contributed by atoms with E-state index in [-0.39, 0.29) is 0 Å². The van der Waals surface area contributed by atoms with Gasteiger partial charge in [-0.15, -0.1) is 0 Å². The maximum atomic E-state index is 3.76. The molecule has 0 unspecified atom stereocenters. The molecule has 2 aromatic carbocycles. The third kappa shape index (κ3) is 5.39. The van der Waals surface area contributed by atoms with Gasteiger partial charge in [0.2, 0.25) is 0 Å². The summed E-state index contributed by atoms with van der Waals surface area (Å²) in [7, 11) is 1.95. The molecule has 0 atom stereocenters. The fourth-order valence-corrected chi connectivity index (χ4v) is 3.58. The SMILES string of the molecule is C=CNc1ccc(Cc2cc(/C(C)=C/C=C\C)cc(C)c2CCC)cc1NC. The molecule has 2 aromatic rings. The van der Waals surface area contributed by atoms with Crippen LogP contribution in [0.25, 0.3) is 5.57 Å². The molecule has 148 valence electrons. The first-order valence-corrected chi connectivity index (χ1v) is 10.1. The van der Waals surface area contributed by atoms with Gasteiger partial charge in [0, 0.05) is 7.05 Å². The molecule has 2 nitrogen and oxygen atoms in total. The number of aryl methyl sites for hydroxylation is 1. The van der Waals surface area contributed by atoms with Crippen LogP contribution in [0.15, 0.2) is 61.3 Å². The average Bonchev–Trinajstić information content (AvgIpc) is 2.69. The molecule has 0 aliphatic rings. The van der Waals surface area contributed by atoms with E-state index in [1.807, 2.05) is 7.05 Å². The van der Waals surface area contributed by atoms with Gasteiger partial charge in [0.05, 0.1) is 11.4 Å². The summed E-state index contributed by atoms with van der Waals surface area (Å²) in [5.74, 6) is 0. The van der Waals surface area contributed by atoms with Crippen LogP contribution in [0.1, 0.15) is 55.0 Å². The van der Waals surface area contributed by atoms with Gasteiger partial charge < -0.3 is 10.6 Å². The zero-order valence-electron chi connectivity index (χ0n) is 18.0. The number of hydrogen-bond acceptors (Lipinski definition) is 2. The van der Waals surface area contributed by atoms with E-state index in [4.69, 9.17) is 0 Å². The molecule has 0 fully saturated rings. The molecule has 2 N–H and O–H groups in total. The highest BCUT2D eigenvalue weighted by Gasteiger charge is 2.11. The van der Waals surface area contributed by atoms with Gasteiger partial charge >= 0.3 is 0 Å². The second-order valence-corrected chi connectivity index (χ2v) is 7.21. The van der Waals surface area contributed by atoms with Crippen molar-refractivity contribution in [3.63, 3.8) is 0 Å². The molecule has 28 heavy (non-hydrogen) atoms. The van der Waals surface area contributed by atoms with Gasteiger partial charge in [-0.2, -0.15) is 0 Å². The minimum Gasteiger partial charge on any atom is -0.386 e. The highest BCUT2D eigenvalue weighted by molar-refractivity contribution is 5.71. The first kappa shape index (κ1) is 21.6. The van der Waals surface area contributed by atoms with E-state index in [1.54, 1.807) is 6.20 Å². The summed E-state index contributed by atoms with van der Waals surface area (Å²) in [6, 6.07) is 11.3. The van der Waals surface area contributed by atoms with Crippen LogP contribution in [0.3, 0.4) is 0 Å². The van der Waals surface area contributed by atoms with Crippen molar-refractivity contribution in [2.24, 2.45) is 0 Å². The van der Waals surface area contributed by atoms with Crippen molar-refractivity contribution < 1.29 is 0 Å². The van der Waals surface area contributed by atoms with Gasteiger partial charge in [-0.1, -0.05) is 56.4 Å². The molecule has 0 amide bonds. The molecule has 0 radical (unpaired) electrons. The quantitative estimate of drug-likeness (QED) is 0.457. The molecule has 0 saturated carbocycles. The molecule has 0 aliphatic carbocycles. The van der Waals surface area contributed by atoms with Crippen molar-refractivity contribution in [3.05, 3.63) is 89.2 Å². The minimum absolute atomic E-state index is 0.934. The Hall–Kier alpha value is -2.74. The lowest BCUT2D eigenvalue weighted by Crippen LogP contribution is -2.02. The second kappa shape index (κ2) is 10.6. The molecular formula is C26H34N2. The molecule has 0 spiro atoms. The summed E-state index contributed by atoms with van der Waals surface area (Å²) >= 11 is 0. The maximum absolute atomic E-state index is 3.76. The summed E-state index contributed by atoms with van der Waals surface area (Å²) in [4.78, 5) is 0. The Labute approximate surface area is 171 Å². The van der Waals surface area contributed by atoms with Crippen molar-refractivity contribution in [2.75, 3.05) is 17.7 Å². The van der Waals surface area contributed by atoms with Crippen LogP contribution in [0.5, 0.6) is 0 Å². The second-order valence-electron chi connectivity index (χ2n) is 7.21. The third-order valence-corrected chi connectivity index (χ3v) is 5.06. The van der Waals surface area contributed by atoms with Crippen LogP contribution >= 0.6 is 0 Å². The molecule has 0 heterocycles. The normalized spacial score (nSPS) is 11.7. The van der Waals surface area contributed by atoms with E-state index in [0.29, 0.717) is 0 Å². The zero-order valence-corrected chi connectivity index (χ0v) is 18.0. The van der Waals surface area contributed by atoms with Gasteiger partial charge in [-0.25, -0.2) is 0 Å². The van der Waals surface area contributed by atoms with E-state index in [0.717, 1.165) is 30.6 Å². The lowest BCUT2D eigenvalue weighted by atomic mass is 9.89. The van der Waals surface area contributed by atoms with E-state index in [2.05, 4.69) is 93.5 Å². The first-order valence-electron chi connectivity index (χ1n) is 10.1. The third-order valence-electron chi connectivity index (χ3n) is 5.06. The number of hydrogen-bond donors (Lipinski definition) is 2. The van der Waals surface area contributed by atoms with Gasteiger partial charge in [-0.3, -0.25) is 0 Å². The molecule has 0 aliphatic heterocycles. The number of nitrogens with one attached hydrogen (secondary N) is 2. The Morgan fingerprint density at radius 2 is 1.93 bits per heavy atom. The number of allylic oxidation sites excluding steroid dienone is 4. The number of anilines is 2. The van der Waals surface area contributed by atoms with Gasteiger partial charge in [0.15, 0.2) is 0 Å².